The molecule has 1 fully saturated rings. The molecule has 0 aliphatic heterocycles. The summed E-state index contributed by atoms with van der Waals surface area (Å²) in [6, 6.07) is 4.71. The van der Waals surface area contributed by atoms with Crippen molar-refractivity contribution in [1.82, 2.24) is 4.72 Å². The van der Waals surface area contributed by atoms with Crippen LogP contribution in [-0.2, 0) is 10.0 Å². The maximum atomic E-state index is 12.5. The maximum Gasteiger partial charge on any atom is 0.242 e. The van der Waals surface area contributed by atoms with E-state index in [-0.39, 0.29) is 20.8 Å². The smallest absolute Gasteiger partial charge is 0.207 e. The quantitative estimate of drug-likeness (QED) is 0.551. The molecule has 2 unspecified atom stereocenters. The molecule has 0 aromatic heterocycles. The highest BCUT2D eigenvalue weighted by Crippen LogP contribution is 2.28. The first-order chi connectivity index (χ1) is 9.40. The van der Waals surface area contributed by atoms with Crippen LogP contribution in [0.2, 0.25) is 5.02 Å². The van der Waals surface area contributed by atoms with Crippen LogP contribution in [-0.4, -0.2) is 19.3 Å². The van der Waals surface area contributed by atoms with Crippen molar-refractivity contribution in [2.75, 3.05) is 0 Å². The van der Waals surface area contributed by atoms with Gasteiger partial charge in [0.25, 0.3) is 0 Å². The monoisotopic (exact) mass is 443 g/mol. The average Bonchev–Trinajstić information content (AvgIpc) is 2.54. The van der Waals surface area contributed by atoms with Crippen LogP contribution in [0.15, 0.2) is 27.6 Å². The molecule has 1 aromatic rings. The number of benzene rings is 1. The maximum absolute atomic E-state index is 12.5. The summed E-state index contributed by atoms with van der Waals surface area (Å²) in [4.78, 5) is 0.306. The van der Waals surface area contributed by atoms with Crippen molar-refractivity contribution < 1.29 is 8.42 Å². The zero-order valence-electron chi connectivity index (χ0n) is 10.8. The molecule has 1 aliphatic carbocycles. The van der Waals surface area contributed by atoms with Gasteiger partial charge in [0.15, 0.2) is 0 Å². The minimum Gasteiger partial charge on any atom is -0.207 e. The molecule has 2 atom stereocenters. The van der Waals surface area contributed by atoms with Gasteiger partial charge in [-0.25, -0.2) is 13.1 Å². The van der Waals surface area contributed by atoms with Crippen molar-refractivity contribution in [2.45, 2.75) is 47.9 Å². The van der Waals surface area contributed by atoms with Crippen molar-refractivity contribution in [2.24, 2.45) is 0 Å². The number of hydrogen-bond donors (Lipinski definition) is 1. The number of nitrogens with one attached hydrogen (secondary N) is 1. The van der Waals surface area contributed by atoms with E-state index >= 15 is 0 Å². The van der Waals surface area contributed by atoms with E-state index in [0.29, 0.717) is 0 Å². The highest BCUT2D eigenvalue weighted by molar-refractivity contribution is 9.10. The largest absolute Gasteiger partial charge is 0.242 e. The van der Waals surface area contributed by atoms with Crippen LogP contribution < -0.4 is 4.72 Å². The lowest BCUT2D eigenvalue weighted by atomic mass is 10.1. The van der Waals surface area contributed by atoms with Crippen LogP contribution in [0.1, 0.15) is 32.1 Å². The van der Waals surface area contributed by atoms with Crippen molar-refractivity contribution in [3.05, 3.63) is 27.7 Å². The molecule has 3 nitrogen and oxygen atoms in total. The van der Waals surface area contributed by atoms with Gasteiger partial charge < -0.3 is 0 Å². The second-order valence-electron chi connectivity index (χ2n) is 4.96. The van der Waals surface area contributed by atoms with E-state index in [4.69, 9.17) is 11.6 Å². The third-order valence-corrected chi connectivity index (χ3v) is 6.98. The summed E-state index contributed by atoms with van der Waals surface area (Å²) in [6.45, 7) is 0. The molecule has 0 heterocycles. The Morgan fingerprint density at radius 2 is 1.90 bits per heavy atom. The van der Waals surface area contributed by atoms with Crippen molar-refractivity contribution in [1.29, 1.82) is 0 Å². The summed E-state index contributed by atoms with van der Waals surface area (Å²) in [6.07, 6.45) is 5.17. The fourth-order valence-electron chi connectivity index (χ4n) is 2.35. The van der Waals surface area contributed by atoms with E-state index < -0.39 is 10.0 Å². The van der Waals surface area contributed by atoms with E-state index in [9.17, 15) is 8.42 Å². The molecule has 1 aliphatic rings. The van der Waals surface area contributed by atoms with Gasteiger partial charge in [-0.1, -0.05) is 62.7 Å². The molecule has 0 spiro atoms. The van der Waals surface area contributed by atoms with Crippen LogP contribution in [0, 0.1) is 0 Å². The predicted molar refractivity (Wildman–Crippen MR) is 89.1 cm³/mol. The van der Waals surface area contributed by atoms with E-state index in [1.807, 2.05) is 0 Å². The Bertz CT molecular complexity index is 580. The number of rotatable bonds is 3. The Kier molecular flexibility index (Phi) is 5.94. The summed E-state index contributed by atoms with van der Waals surface area (Å²) >= 11 is 12.9. The highest BCUT2D eigenvalue weighted by atomic mass is 79.9. The van der Waals surface area contributed by atoms with Crippen molar-refractivity contribution >= 4 is 53.5 Å². The third-order valence-electron chi connectivity index (χ3n) is 3.42. The summed E-state index contributed by atoms with van der Waals surface area (Å²) in [5.74, 6) is 0. The van der Waals surface area contributed by atoms with E-state index in [2.05, 4.69) is 36.6 Å². The zero-order chi connectivity index (χ0) is 14.8. The fraction of sp³-hybridized carbons (Fsp3) is 0.538. The third kappa shape index (κ3) is 4.19. The van der Waals surface area contributed by atoms with Gasteiger partial charge in [-0.15, -0.1) is 0 Å². The molecule has 0 amide bonds. The molecule has 0 saturated heterocycles. The number of halogens is 3. The normalized spacial score (nSPS) is 24.4. The first-order valence-corrected chi connectivity index (χ1v) is 10.1. The van der Waals surface area contributed by atoms with Crippen LogP contribution in [0.4, 0.5) is 0 Å². The molecular formula is C13H16Br2ClNO2S. The minimum atomic E-state index is -3.59. The summed E-state index contributed by atoms with van der Waals surface area (Å²) in [7, 11) is -3.59. The van der Waals surface area contributed by atoms with Gasteiger partial charge in [-0.05, 0) is 31.0 Å². The van der Waals surface area contributed by atoms with Gasteiger partial charge in [-0.3, -0.25) is 0 Å². The Hall–Kier alpha value is 0.380. The lowest BCUT2D eigenvalue weighted by Crippen LogP contribution is -2.40. The Morgan fingerprint density at radius 3 is 2.60 bits per heavy atom. The molecule has 0 radical (unpaired) electrons. The molecule has 1 N–H and O–H groups in total. The Balaban J connectivity index is 2.21. The molecule has 1 saturated carbocycles. The SMILES string of the molecule is O=S(=O)(NC1CCCCCC1Br)c1ccc(Br)cc1Cl. The lowest BCUT2D eigenvalue weighted by Gasteiger charge is -2.21. The topological polar surface area (TPSA) is 46.2 Å². The second-order valence-corrected chi connectivity index (χ2v) is 9.14. The zero-order valence-corrected chi connectivity index (χ0v) is 15.5. The van der Waals surface area contributed by atoms with E-state index in [1.54, 1.807) is 12.1 Å². The molecule has 2 rings (SSSR count). The second kappa shape index (κ2) is 7.09. The standard InChI is InChI=1S/C13H16Br2ClNO2S/c14-9-6-7-13(11(16)8-9)20(18,19)17-12-5-3-1-2-4-10(12)15/h6-8,10,12,17H,1-5H2. The molecule has 7 heteroatoms. The highest BCUT2D eigenvalue weighted by Gasteiger charge is 2.28. The Morgan fingerprint density at radius 1 is 1.20 bits per heavy atom. The number of sulfonamides is 1. The average molecular weight is 446 g/mol. The fourth-order valence-corrected chi connectivity index (χ4v) is 5.59. The molecule has 0 bridgehead atoms. The first-order valence-electron chi connectivity index (χ1n) is 6.51. The van der Waals surface area contributed by atoms with Gasteiger partial charge in [0.2, 0.25) is 10.0 Å². The predicted octanol–water partition coefficient (Wildman–Crippen LogP) is 4.48. The van der Waals surface area contributed by atoms with Crippen molar-refractivity contribution in [3.63, 3.8) is 0 Å². The van der Waals surface area contributed by atoms with Gasteiger partial charge >= 0.3 is 0 Å². The van der Waals surface area contributed by atoms with Crippen molar-refractivity contribution in [3.8, 4) is 0 Å². The summed E-state index contributed by atoms with van der Waals surface area (Å²) in [5, 5.41) is 0.228. The molecule has 20 heavy (non-hydrogen) atoms. The molecular weight excluding hydrogens is 429 g/mol. The number of hydrogen-bond acceptors (Lipinski definition) is 2. The van der Waals surface area contributed by atoms with Crippen LogP contribution in [0.25, 0.3) is 0 Å². The molecule has 1 aromatic carbocycles. The van der Waals surface area contributed by atoms with Gasteiger partial charge in [0, 0.05) is 15.3 Å². The van der Waals surface area contributed by atoms with Gasteiger partial charge in [0.1, 0.15) is 4.90 Å². The van der Waals surface area contributed by atoms with Crippen LogP contribution in [0.3, 0.4) is 0 Å². The first kappa shape index (κ1) is 16.7. The summed E-state index contributed by atoms with van der Waals surface area (Å²) < 4.78 is 28.5. The van der Waals surface area contributed by atoms with E-state index in [0.717, 1.165) is 36.6 Å². The number of alkyl halides is 1. The minimum absolute atomic E-state index is 0.0813. The lowest BCUT2D eigenvalue weighted by molar-refractivity contribution is 0.521. The van der Waals surface area contributed by atoms with Gasteiger partial charge in [-0.2, -0.15) is 0 Å². The Labute approximate surface area is 141 Å². The van der Waals surface area contributed by atoms with E-state index in [1.165, 1.54) is 6.07 Å². The van der Waals surface area contributed by atoms with Crippen LogP contribution in [0.5, 0.6) is 0 Å². The van der Waals surface area contributed by atoms with Crippen LogP contribution >= 0.6 is 43.5 Å². The summed E-state index contributed by atoms with van der Waals surface area (Å²) in [5.41, 5.74) is 0. The van der Waals surface area contributed by atoms with Gasteiger partial charge in [0.05, 0.1) is 5.02 Å². The molecule has 112 valence electrons.